The van der Waals surface area contributed by atoms with E-state index in [9.17, 15) is 9.59 Å². The second-order valence-electron chi connectivity index (χ2n) is 4.32. The van der Waals surface area contributed by atoms with Crippen molar-refractivity contribution >= 4 is 17.7 Å². The summed E-state index contributed by atoms with van der Waals surface area (Å²) in [4.78, 5) is 23.1. The van der Waals surface area contributed by atoms with E-state index >= 15 is 0 Å². The van der Waals surface area contributed by atoms with Gasteiger partial charge < -0.3 is 10.1 Å². The van der Waals surface area contributed by atoms with Crippen molar-refractivity contribution in [2.75, 3.05) is 5.32 Å². The van der Waals surface area contributed by atoms with Gasteiger partial charge in [0.15, 0.2) is 6.10 Å². The Labute approximate surface area is 112 Å². The molecule has 6 nitrogen and oxygen atoms in total. The average molecular weight is 265 g/mol. The molecule has 104 valence electrons. The molecule has 0 aliphatic rings. The zero-order valence-corrected chi connectivity index (χ0v) is 11.6. The maximum Gasteiger partial charge on any atom is 0.331 e. The zero-order chi connectivity index (χ0) is 14.4. The summed E-state index contributed by atoms with van der Waals surface area (Å²) in [6.45, 7) is 7.14. The molecule has 19 heavy (non-hydrogen) atoms. The minimum absolute atomic E-state index is 0.131. The molecule has 1 atom stereocenters. The third-order valence-corrected chi connectivity index (χ3v) is 2.38. The molecule has 0 saturated heterocycles. The first kappa shape index (κ1) is 14.9. The lowest BCUT2D eigenvalue weighted by molar-refractivity contribution is -0.148. The Balaban J connectivity index is 2.64. The summed E-state index contributed by atoms with van der Waals surface area (Å²) < 4.78 is 6.61. The molecule has 1 unspecified atom stereocenters. The van der Waals surface area contributed by atoms with Crippen molar-refractivity contribution in [1.82, 2.24) is 9.78 Å². The molecule has 0 bridgehead atoms. The van der Waals surface area contributed by atoms with Gasteiger partial charge in [-0.15, -0.1) is 0 Å². The molecule has 1 N–H and O–H groups in total. The minimum atomic E-state index is -0.862. The number of hydrogen-bond donors (Lipinski definition) is 1. The second-order valence-corrected chi connectivity index (χ2v) is 4.32. The predicted octanol–water partition coefficient (Wildman–Crippen LogP) is 1.91. The van der Waals surface area contributed by atoms with E-state index in [4.69, 9.17) is 4.74 Å². The molecule has 1 heterocycles. The van der Waals surface area contributed by atoms with E-state index < -0.39 is 12.1 Å². The number of carbonyl (C=O) groups excluding carboxylic acids is 2. The Morgan fingerprint density at radius 2 is 2.11 bits per heavy atom. The molecule has 0 spiro atoms. The molecule has 0 fully saturated rings. The summed E-state index contributed by atoms with van der Waals surface area (Å²) in [5.74, 6) is -0.350. The Hall–Kier alpha value is -2.11. The summed E-state index contributed by atoms with van der Waals surface area (Å²) in [7, 11) is 0. The SMILES string of the molecule is C/C=C/C(=O)OC(C)C(=O)Nc1ccnn1C(C)C. The van der Waals surface area contributed by atoms with Gasteiger partial charge in [0.25, 0.3) is 5.91 Å². The van der Waals surface area contributed by atoms with Crippen LogP contribution in [0.5, 0.6) is 0 Å². The monoisotopic (exact) mass is 265 g/mol. The van der Waals surface area contributed by atoms with Gasteiger partial charge in [-0.05, 0) is 27.7 Å². The lowest BCUT2D eigenvalue weighted by Gasteiger charge is -2.15. The van der Waals surface area contributed by atoms with Gasteiger partial charge in [-0.25, -0.2) is 9.48 Å². The number of esters is 1. The summed E-state index contributed by atoms with van der Waals surface area (Å²) in [5.41, 5.74) is 0. The third kappa shape index (κ3) is 4.24. The van der Waals surface area contributed by atoms with E-state index in [1.54, 1.807) is 29.9 Å². The van der Waals surface area contributed by atoms with Gasteiger partial charge in [0.1, 0.15) is 5.82 Å². The molecular weight excluding hydrogens is 246 g/mol. The lowest BCUT2D eigenvalue weighted by Crippen LogP contribution is -2.30. The van der Waals surface area contributed by atoms with Gasteiger partial charge in [-0.3, -0.25) is 4.79 Å². The van der Waals surface area contributed by atoms with Crippen molar-refractivity contribution in [3.05, 3.63) is 24.4 Å². The summed E-state index contributed by atoms with van der Waals surface area (Å²) in [5, 5.41) is 6.78. The molecule has 0 aromatic carbocycles. The maximum atomic E-state index is 11.9. The van der Waals surface area contributed by atoms with Crippen molar-refractivity contribution in [1.29, 1.82) is 0 Å². The minimum Gasteiger partial charge on any atom is -0.449 e. The summed E-state index contributed by atoms with van der Waals surface area (Å²) in [6, 6.07) is 1.82. The van der Waals surface area contributed by atoms with Crippen LogP contribution in [0.15, 0.2) is 24.4 Å². The smallest absolute Gasteiger partial charge is 0.331 e. The van der Waals surface area contributed by atoms with Gasteiger partial charge in [0.2, 0.25) is 0 Å². The molecule has 0 aliphatic carbocycles. The van der Waals surface area contributed by atoms with Crippen LogP contribution in [0.25, 0.3) is 0 Å². The zero-order valence-electron chi connectivity index (χ0n) is 11.6. The van der Waals surface area contributed by atoms with Crippen LogP contribution in [0.4, 0.5) is 5.82 Å². The van der Waals surface area contributed by atoms with Crippen molar-refractivity contribution in [2.24, 2.45) is 0 Å². The Bertz CT molecular complexity index is 477. The molecule has 0 aliphatic heterocycles. The number of amides is 1. The van der Waals surface area contributed by atoms with E-state index in [-0.39, 0.29) is 11.9 Å². The molecule has 1 aromatic rings. The van der Waals surface area contributed by atoms with Gasteiger partial charge in [-0.2, -0.15) is 5.10 Å². The standard InChI is InChI=1S/C13H19N3O3/c1-5-6-12(17)19-10(4)13(18)15-11-7-8-14-16(11)9(2)3/h5-10H,1-4H3,(H,15,18)/b6-5+. The lowest BCUT2D eigenvalue weighted by atomic mass is 10.3. The number of aromatic nitrogens is 2. The number of carbonyl (C=O) groups is 2. The van der Waals surface area contributed by atoms with Crippen LogP contribution in [0.1, 0.15) is 33.7 Å². The van der Waals surface area contributed by atoms with Crippen molar-refractivity contribution in [3.63, 3.8) is 0 Å². The Morgan fingerprint density at radius 1 is 1.42 bits per heavy atom. The van der Waals surface area contributed by atoms with E-state index in [1.165, 1.54) is 13.0 Å². The summed E-state index contributed by atoms with van der Waals surface area (Å²) in [6.07, 6.45) is 3.56. The fraction of sp³-hybridized carbons (Fsp3) is 0.462. The Kier molecular flexibility index (Phi) is 5.29. The van der Waals surface area contributed by atoms with Crippen LogP contribution in [0.2, 0.25) is 0 Å². The molecule has 0 radical (unpaired) electrons. The first-order valence-electron chi connectivity index (χ1n) is 6.13. The van der Waals surface area contributed by atoms with E-state index in [0.29, 0.717) is 5.82 Å². The number of anilines is 1. The van der Waals surface area contributed by atoms with E-state index in [0.717, 1.165) is 0 Å². The highest BCUT2D eigenvalue weighted by molar-refractivity contribution is 5.95. The largest absolute Gasteiger partial charge is 0.449 e. The third-order valence-electron chi connectivity index (χ3n) is 2.38. The number of nitrogens with zero attached hydrogens (tertiary/aromatic N) is 2. The molecule has 6 heteroatoms. The number of hydrogen-bond acceptors (Lipinski definition) is 4. The van der Waals surface area contributed by atoms with Gasteiger partial charge >= 0.3 is 5.97 Å². The van der Waals surface area contributed by atoms with Gasteiger partial charge in [0.05, 0.1) is 6.20 Å². The number of ether oxygens (including phenoxy) is 1. The normalized spacial score (nSPS) is 12.7. The van der Waals surface area contributed by atoms with Crippen LogP contribution in [0, 0.1) is 0 Å². The van der Waals surface area contributed by atoms with Gasteiger partial charge in [-0.1, -0.05) is 6.08 Å². The van der Waals surface area contributed by atoms with Crippen molar-refractivity contribution in [3.8, 4) is 0 Å². The second kappa shape index (κ2) is 6.72. The van der Waals surface area contributed by atoms with Crippen LogP contribution >= 0.6 is 0 Å². The molecule has 1 aromatic heterocycles. The van der Waals surface area contributed by atoms with E-state index in [2.05, 4.69) is 10.4 Å². The first-order chi connectivity index (χ1) is 8.95. The van der Waals surface area contributed by atoms with Crippen LogP contribution in [-0.2, 0) is 14.3 Å². The van der Waals surface area contributed by atoms with Gasteiger partial charge in [0, 0.05) is 18.2 Å². The number of nitrogens with one attached hydrogen (secondary N) is 1. The fourth-order valence-electron chi connectivity index (χ4n) is 1.46. The van der Waals surface area contributed by atoms with Crippen LogP contribution in [0.3, 0.4) is 0 Å². The number of rotatable bonds is 5. The molecule has 0 saturated carbocycles. The molecule has 1 amide bonds. The van der Waals surface area contributed by atoms with Crippen LogP contribution in [-0.4, -0.2) is 27.8 Å². The van der Waals surface area contributed by atoms with Crippen LogP contribution < -0.4 is 5.32 Å². The summed E-state index contributed by atoms with van der Waals surface area (Å²) >= 11 is 0. The predicted molar refractivity (Wildman–Crippen MR) is 71.6 cm³/mol. The topological polar surface area (TPSA) is 73.2 Å². The van der Waals surface area contributed by atoms with Crippen molar-refractivity contribution in [2.45, 2.75) is 39.8 Å². The highest BCUT2D eigenvalue weighted by atomic mass is 16.5. The fourth-order valence-corrected chi connectivity index (χ4v) is 1.46. The number of allylic oxidation sites excluding steroid dienone is 1. The highest BCUT2D eigenvalue weighted by Crippen LogP contribution is 2.13. The first-order valence-corrected chi connectivity index (χ1v) is 6.13. The molecule has 1 rings (SSSR count). The maximum absolute atomic E-state index is 11.9. The highest BCUT2D eigenvalue weighted by Gasteiger charge is 2.18. The van der Waals surface area contributed by atoms with Crippen molar-refractivity contribution < 1.29 is 14.3 Å². The van der Waals surface area contributed by atoms with E-state index in [1.807, 2.05) is 13.8 Å². The quantitative estimate of drug-likeness (QED) is 0.652. The Morgan fingerprint density at radius 3 is 2.68 bits per heavy atom. The average Bonchev–Trinajstić information content (AvgIpc) is 2.77. The molecular formula is C13H19N3O3.